The highest BCUT2D eigenvalue weighted by Gasteiger charge is 2.38. The molecule has 1 saturated carbocycles. The van der Waals surface area contributed by atoms with Gasteiger partial charge < -0.3 is 14.9 Å². The third-order valence-electron chi connectivity index (χ3n) is 3.28. The first kappa shape index (κ1) is 12.6. The summed E-state index contributed by atoms with van der Waals surface area (Å²) in [5.74, 6) is -1.16. The summed E-state index contributed by atoms with van der Waals surface area (Å²) in [4.78, 5) is 22.9. The third-order valence-corrected chi connectivity index (χ3v) is 3.28. The lowest BCUT2D eigenvalue weighted by Crippen LogP contribution is -2.47. The maximum Gasteiger partial charge on any atom is 0.305 e. The zero-order valence-electron chi connectivity index (χ0n) is 10.2. The molecule has 1 aromatic rings. The van der Waals surface area contributed by atoms with Gasteiger partial charge in [0.15, 0.2) is 0 Å². The van der Waals surface area contributed by atoms with E-state index in [0.29, 0.717) is 18.5 Å². The minimum Gasteiger partial charge on any atom is -0.481 e. The van der Waals surface area contributed by atoms with Crippen LogP contribution in [0.2, 0.25) is 0 Å². The molecule has 0 radical (unpaired) electrons. The van der Waals surface area contributed by atoms with Crippen LogP contribution in [0.1, 0.15) is 48.4 Å². The Kier molecular flexibility index (Phi) is 3.36. The lowest BCUT2D eigenvalue weighted by Gasteiger charge is -2.27. The largest absolute Gasteiger partial charge is 0.481 e. The minimum absolute atomic E-state index is 0.0497. The second kappa shape index (κ2) is 4.80. The normalized spacial score (nSPS) is 17.6. The Hall–Kier alpha value is -1.85. The molecule has 1 aromatic heterocycles. The molecular weight excluding hydrogens is 236 g/mol. The highest BCUT2D eigenvalue weighted by molar-refractivity contribution is 5.92. The summed E-state index contributed by atoms with van der Waals surface area (Å²) in [7, 11) is 0. The van der Waals surface area contributed by atoms with Gasteiger partial charge >= 0.3 is 5.97 Å². The average molecular weight is 252 g/mol. The van der Waals surface area contributed by atoms with Crippen LogP contribution < -0.4 is 5.32 Å². The molecule has 0 unspecified atom stereocenters. The van der Waals surface area contributed by atoms with Gasteiger partial charge in [-0.15, -0.1) is 0 Å². The Morgan fingerprint density at radius 2 is 2.17 bits per heavy atom. The number of carboxylic acids is 1. The highest BCUT2D eigenvalue weighted by atomic mass is 16.5. The maximum atomic E-state index is 12.0. The molecule has 1 heterocycles. The number of carbonyl (C=O) groups excluding carboxylic acids is 1. The third kappa shape index (κ3) is 2.69. The van der Waals surface area contributed by atoms with Gasteiger partial charge in [0, 0.05) is 6.07 Å². The van der Waals surface area contributed by atoms with Crippen molar-refractivity contribution in [3.8, 4) is 0 Å². The minimum atomic E-state index is -0.897. The van der Waals surface area contributed by atoms with Gasteiger partial charge in [-0.3, -0.25) is 9.59 Å². The predicted octanol–water partition coefficient (Wildman–Crippen LogP) is 1.50. The van der Waals surface area contributed by atoms with Crippen molar-refractivity contribution >= 4 is 11.9 Å². The summed E-state index contributed by atoms with van der Waals surface area (Å²) in [6.07, 6.45) is 3.20. The summed E-state index contributed by atoms with van der Waals surface area (Å²) in [5, 5.41) is 15.4. The molecule has 1 fully saturated rings. The lowest BCUT2D eigenvalue weighted by atomic mass is 9.93. The van der Waals surface area contributed by atoms with Crippen LogP contribution in [0.15, 0.2) is 10.6 Å². The van der Waals surface area contributed by atoms with Crippen LogP contribution in [0.3, 0.4) is 0 Å². The van der Waals surface area contributed by atoms with E-state index in [0.717, 1.165) is 12.8 Å². The summed E-state index contributed by atoms with van der Waals surface area (Å²) in [5.41, 5.74) is -0.0114. The predicted molar refractivity (Wildman–Crippen MR) is 62.2 cm³/mol. The highest BCUT2D eigenvalue weighted by Crippen LogP contribution is 2.32. The molecule has 2 N–H and O–H groups in total. The van der Waals surface area contributed by atoms with Gasteiger partial charge in [0.25, 0.3) is 5.91 Å². The van der Waals surface area contributed by atoms with Crippen molar-refractivity contribution in [1.29, 1.82) is 0 Å². The topological polar surface area (TPSA) is 92.4 Å². The summed E-state index contributed by atoms with van der Waals surface area (Å²) in [6.45, 7) is 1.73. The van der Waals surface area contributed by atoms with Crippen molar-refractivity contribution in [2.45, 2.75) is 44.6 Å². The molecule has 0 aliphatic heterocycles. The lowest BCUT2D eigenvalue weighted by molar-refractivity contribution is -0.138. The summed E-state index contributed by atoms with van der Waals surface area (Å²) in [6, 6.07) is 1.54. The van der Waals surface area contributed by atoms with Gasteiger partial charge in [-0.2, -0.15) is 0 Å². The molecule has 0 atom stereocenters. The van der Waals surface area contributed by atoms with E-state index >= 15 is 0 Å². The van der Waals surface area contributed by atoms with Gasteiger partial charge in [-0.1, -0.05) is 18.0 Å². The Morgan fingerprint density at radius 1 is 1.50 bits per heavy atom. The van der Waals surface area contributed by atoms with Crippen LogP contribution in [0.5, 0.6) is 0 Å². The number of carboxylic acid groups (broad SMARTS) is 1. The first-order valence-electron chi connectivity index (χ1n) is 5.98. The Bertz CT molecular complexity index is 460. The molecule has 98 valence electrons. The molecule has 0 spiro atoms. The molecule has 0 bridgehead atoms. The van der Waals surface area contributed by atoms with E-state index in [2.05, 4.69) is 10.5 Å². The fourth-order valence-corrected chi connectivity index (χ4v) is 2.46. The smallest absolute Gasteiger partial charge is 0.305 e. The fraction of sp³-hybridized carbons (Fsp3) is 0.583. The van der Waals surface area contributed by atoms with E-state index in [-0.39, 0.29) is 12.2 Å². The van der Waals surface area contributed by atoms with Gasteiger partial charge in [0.1, 0.15) is 0 Å². The van der Waals surface area contributed by atoms with E-state index in [9.17, 15) is 9.59 Å². The molecule has 1 amide bonds. The van der Waals surface area contributed by atoms with Crippen molar-refractivity contribution in [1.82, 2.24) is 10.5 Å². The average Bonchev–Trinajstić information content (AvgIpc) is 2.87. The quantitative estimate of drug-likeness (QED) is 0.847. The fourth-order valence-electron chi connectivity index (χ4n) is 2.46. The molecule has 0 aromatic carbocycles. The van der Waals surface area contributed by atoms with Crippen molar-refractivity contribution < 1.29 is 19.2 Å². The van der Waals surface area contributed by atoms with Gasteiger partial charge in [-0.25, -0.2) is 0 Å². The summed E-state index contributed by atoms with van der Waals surface area (Å²) >= 11 is 0. The van der Waals surface area contributed by atoms with Crippen molar-refractivity contribution in [3.63, 3.8) is 0 Å². The van der Waals surface area contributed by atoms with E-state index < -0.39 is 17.4 Å². The second-order valence-corrected chi connectivity index (χ2v) is 4.84. The van der Waals surface area contributed by atoms with Crippen LogP contribution in [0.4, 0.5) is 0 Å². The molecule has 1 aliphatic carbocycles. The van der Waals surface area contributed by atoms with Crippen LogP contribution >= 0.6 is 0 Å². The SMILES string of the molecule is Cc1cc(C(=O)NC2(CC(=O)O)CCCC2)on1. The molecule has 6 heteroatoms. The van der Waals surface area contributed by atoms with E-state index in [1.165, 1.54) is 0 Å². The maximum absolute atomic E-state index is 12.0. The number of rotatable bonds is 4. The van der Waals surface area contributed by atoms with E-state index in [1.807, 2.05) is 0 Å². The van der Waals surface area contributed by atoms with Crippen molar-refractivity contribution in [2.24, 2.45) is 0 Å². The number of amides is 1. The van der Waals surface area contributed by atoms with Gasteiger partial charge in [-0.05, 0) is 19.8 Å². The van der Waals surface area contributed by atoms with Crippen molar-refractivity contribution in [2.75, 3.05) is 0 Å². The summed E-state index contributed by atoms with van der Waals surface area (Å²) < 4.78 is 4.88. The van der Waals surface area contributed by atoms with Crippen LogP contribution in [-0.4, -0.2) is 27.7 Å². The zero-order chi connectivity index (χ0) is 13.2. The number of aryl methyl sites for hydroxylation is 1. The van der Waals surface area contributed by atoms with Crippen LogP contribution in [0, 0.1) is 6.92 Å². The number of hydrogen-bond acceptors (Lipinski definition) is 4. The number of nitrogens with one attached hydrogen (secondary N) is 1. The van der Waals surface area contributed by atoms with Gasteiger partial charge in [0.2, 0.25) is 5.76 Å². The van der Waals surface area contributed by atoms with Gasteiger partial charge in [0.05, 0.1) is 17.7 Å². The molecule has 2 rings (SSSR count). The van der Waals surface area contributed by atoms with Crippen LogP contribution in [0.25, 0.3) is 0 Å². The number of aromatic nitrogens is 1. The molecular formula is C12H16N2O4. The number of aliphatic carboxylic acids is 1. The molecule has 0 saturated heterocycles. The second-order valence-electron chi connectivity index (χ2n) is 4.84. The molecule has 1 aliphatic rings. The number of hydrogen-bond donors (Lipinski definition) is 2. The van der Waals surface area contributed by atoms with E-state index in [4.69, 9.17) is 9.63 Å². The standard InChI is InChI=1S/C12H16N2O4/c1-8-6-9(18-14-8)11(17)13-12(7-10(15)16)4-2-3-5-12/h6H,2-5,7H2,1H3,(H,13,17)(H,15,16). The first-order valence-corrected chi connectivity index (χ1v) is 5.98. The molecule has 18 heavy (non-hydrogen) atoms. The van der Waals surface area contributed by atoms with E-state index in [1.54, 1.807) is 13.0 Å². The van der Waals surface area contributed by atoms with Crippen LogP contribution in [-0.2, 0) is 4.79 Å². The number of nitrogens with zero attached hydrogens (tertiary/aromatic N) is 1. The molecule has 6 nitrogen and oxygen atoms in total. The Balaban J connectivity index is 2.09. The zero-order valence-corrected chi connectivity index (χ0v) is 10.2. The number of carbonyl (C=O) groups is 2. The monoisotopic (exact) mass is 252 g/mol. The van der Waals surface area contributed by atoms with Crippen molar-refractivity contribution in [3.05, 3.63) is 17.5 Å². The first-order chi connectivity index (χ1) is 8.51. The Labute approximate surface area is 104 Å². The Morgan fingerprint density at radius 3 is 2.67 bits per heavy atom.